The standard InChI is InChI=1S/C13H20N2OS/c1-10(7-11-5-4-6-16-11)15-12-14-8-13(2,3)9-17-12/h4-6,10H,7-9H2,1-3H3,(H,14,15). The first-order chi connectivity index (χ1) is 8.05. The van der Waals surface area contributed by atoms with E-state index in [1.165, 1.54) is 0 Å². The Hall–Kier alpha value is -0.900. The molecule has 1 aromatic heterocycles. The van der Waals surface area contributed by atoms with Crippen LogP contribution in [-0.4, -0.2) is 23.5 Å². The highest BCUT2D eigenvalue weighted by molar-refractivity contribution is 8.13. The van der Waals surface area contributed by atoms with Gasteiger partial charge in [0.05, 0.1) is 6.26 Å². The normalized spacial score (nSPS) is 20.8. The molecule has 0 spiro atoms. The fourth-order valence-electron chi connectivity index (χ4n) is 1.72. The van der Waals surface area contributed by atoms with Crippen LogP contribution < -0.4 is 5.32 Å². The lowest BCUT2D eigenvalue weighted by Gasteiger charge is -2.28. The van der Waals surface area contributed by atoms with Crippen LogP contribution in [0.15, 0.2) is 27.8 Å². The summed E-state index contributed by atoms with van der Waals surface area (Å²) in [6.45, 7) is 7.58. The Labute approximate surface area is 107 Å². The molecular weight excluding hydrogens is 232 g/mol. The second-order valence-corrected chi connectivity index (χ2v) is 6.37. The van der Waals surface area contributed by atoms with Crippen molar-refractivity contribution in [3.05, 3.63) is 24.2 Å². The third kappa shape index (κ3) is 3.80. The Morgan fingerprint density at radius 2 is 2.41 bits per heavy atom. The van der Waals surface area contributed by atoms with E-state index in [1.807, 2.05) is 23.9 Å². The molecule has 3 nitrogen and oxygen atoms in total. The molecule has 1 unspecified atom stereocenters. The highest BCUT2D eigenvalue weighted by Crippen LogP contribution is 2.27. The Balaban J connectivity index is 1.83. The van der Waals surface area contributed by atoms with Crippen LogP contribution in [0.4, 0.5) is 0 Å². The van der Waals surface area contributed by atoms with Gasteiger partial charge in [0.2, 0.25) is 0 Å². The van der Waals surface area contributed by atoms with Crippen molar-refractivity contribution in [2.45, 2.75) is 33.2 Å². The third-order valence-electron chi connectivity index (χ3n) is 2.71. The summed E-state index contributed by atoms with van der Waals surface area (Å²) in [5.41, 5.74) is 0.333. The highest BCUT2D eigenvalue weighted by Gasteiger charge is 2.23. The molecule has 0 saturated heterocycles. The largest absolute Gasteiger partial charge is 0.469 e. The number of hydrogen-bond acceptors (Lipinski definition) is 4. The molecule has 0 saturated carbocycles. The summed E-state index contributed by atoms with van der Waals surface area (Å²) >= 11 is 1.82. The van der Waals surface area contributed by atoms with Crippen molar-refractivity contribution in [2.24, 2.45) is 10.4 Å². The molecule has 0 bridgehead atoms. The predicted octanol–water partition coefficient (Wildman–Crippen LogP) is 2.93. The van der Waals surface area contributed by atoms with Crippen molar-refractivity contribution in [2.75, 3.05) is 12.3 Å². The number of hydrogen-bond donors (Lipinski definition) is 1. The smallest absolute Gasteiger partial charge is 0.156 e. The Bertz CT molecular complexity index is 384. The van der Waals surface area contributed by atoms with Gasteiger partial charge in [-0.1, -0.05) is 25.6 Å². The molecule has 0 aromatic carbocycles. The lowest BCUT2D eigenvalue weighted by atomic mass is 9.97. The van der Waals surface area contributed by atoms with E-state index in [4.69, 9.17) is 4.42 Å². The van der Waals surface area contributed by atoms with Crippen LogP contribution in [-0.2, 0) is 6.42 Å². The van der Waals surface area contributed by atoms with Gasteiger partial charge in [-0.2, -0.15) is 0 Å². The van der Waals surface area contributed by atoms with Gasteiger partial charge in [0.15, 0.2) is 5.17 Å². The quantitative estimate of drug-likeness (QED) is 0.898. The van der Waals surface area contributed by atoms with E-state index >= 15 is 0 Å². The van der Waals surface area contributed by atoms with Gasteiger partial charge in [-0.25, -0.2) is 0 Å². The van der Waals surface area contributed by atoms with E-state index in [-0.39, 0.29) is 0 Å². The van der Waals surface area contributed by atoms with Gasteiger partial charge in [0.25, 0.3) is 0 Å². The van der Waals surface area contributed by atoms with Crippen LogP contribution in [0.2, 0.25) is 0 Å². The number of amidine groups is 1. The van der Waals surface area contributed by atoms with E-state index in [1.54, 1.807) is 6.26 Å². The first-order valence-electron chi connectivity index (χ1n) is 6.01. The number of furan rings is 1. The van der Waals surface area contributed by atoms with Crippen LogP contribution in [0.1, 0.15) is 26.5 Å². The molecule has 94 valence electrons. The molecule has 0 radical (unpaired) electrons. The summed E-state index contributed by atoms with van der Waals surface area (Å²) in [6.07, 6.45) is 2.62. The Morgan fingerprint density at radius 1 is 1.59 bits per heavy atom. The molecule has 1 aliphatic heterocycles. The first kappa shape index (κ1) is 12.6. The van der Waals surface area contributed by atoms with Crippen molar-refractivity contribution >= 4 is 16.9 Å². The molecule has 0 fully saturated rings. The van der Waals surface area contributed by atoms with E-state index in [0.717, 1.165) is 29.6 Å². The summed E-state index contributed by atoms with van der Waals surface area (Å²) in [6, 6.07) is 4.29. The monoisotopic (exact) mass is 252 g/mol. The van der Waals surface area contributed by atoms with E-state index in [0.29, 0.717) is 11.5 Å². The highest BCUT2D eigenvalue weighted by atomic mass is 32.2. The minimum atomic E-state index is 0.333. The molecule has 17 heavy (non-hydrogen) atoms. The van der Waals surface area contributed by atoms with Gasteiger partial charge in [-0.15, -0.1) is 0 Å². The summed E-state index contributed by atoms with van der Waals surface area (Å²) in [5, 5.41) is 4.52. The van der Waals surface area contributed by atoms with Gasteiger partial charge in [-0.3, -0.25) is 4.99 Å². The summed E-state index contributed by atoms with van der Waals surface area (Å²) in [4.78, 5) is 4.59. The number of nitrogens with zero attached hydrogens (tertiary/aromatic N) is 1. The third-order valence-corrected chi connectivity index (χ3v) is 4.15. The average Bonchev–Trinajstić information content (AvgIpc) is 2.74. The van der Waals surface area contributed by atoms with Crippen LogP contribution in [0.25, 0.3) is 0 Å². The Kier molecular flexibility index (Phi) is 3.82. The molecule has 0 amide bonds. The van der Waals surface area contributed by atoms with Gasteiger partial charge < -0.3 is 9.73 Å². The maximum absolute atomic E-state index is 5.34. The van der Waals surface area contributed by atoms with Gasteiger partial charge >= 0.3 is 0 Å². The van der Waals surface area contributed by atoms with Crippen molar-refractivity contribution < 1.29 is 4.42 Å². The van der Waals surface area contributed by atoms with E-state index < -0.39 is 0 Å². The van der Waals surface area contributed by atoms with Gasteiger partial charge in [0.1, 0.15) is 5.76 Å². The number of thioether (sulfide) groups is 1. The lowest BCUT2D eigenvalue weighted by Crippen LogP contribution is -2.37. The van der Waals surface area contributed by atoms with Crippen LogP contribution in [0.3, 0.4) is 0 Å². The second-order valence-electron chi connectivity index (χ2n) is 5.40. The van der Waals surface area contributed by atoms with E-state index in [2.05, 4.69) is 31.1 Å². The molecule has 1 aromatic rings. The lowest BCUT2D eigenvalue weighted by molar-refractivity contribution is 0.435. The van der Waals surface area contributed by atoms with Crippen molar-refractivity contribution in [3.63, 3.8) is 0 Å². The minimum Gasteiger partial charge on any atom is -0.469 e. The maximum atomic E-state index is 5.34. The first-order valence-corrected chi connectivity index (χ1v) is 7.00. The van der Waals surface area contributed by atoms with Crippen molar-refractivity contribution in [1.82, 2.24) is 5.32 Å². The van der Waals surface area contributed by atoms with Crippen LogP contribution in [0.5, 0.6) is 0 Å². The number of aliphatic imine (C=N–C) groups is 1. The zero-order chi connectivity index (χ0) is 12.3. The van der Waals surface area contributed by atoms with Gasteiger partial charge in [-0.05, 0) is 24.5 Å². The molecule has 2 heterocycles. The number of rotatable bonds is 3. The average molecular weight is 252 g/mol. The summed E-state index contributed by atoms with van der Waals surface area (Å²) in [5.74, 6) is 2.15. The zero-order valence-corrected chi connectivity index (χ0v) is 11.5. The molecule has 1 aliphatic rings. The predicted molar refractivity (Wildman–Crippen MR) is 73.6 cm³/mol. The number of nitrogens with one attached hydrogen (secondary N) is 1. The summed E-state index contributed by atoms with van der Waals surface area (Å²) < 4.78 is 5.34. The van der Waals surface area contributed by atoms with Crippen molar-refractivity contribution in [3.8, 4) is 0 Å². The maximum Gasteiger partial charge on any atom is 0.156 e. The molecule has 4 heteroatoms. The fraction of sp³-hybridized carbons (Fsp3) is 0.615. The van der Waals surface area contributed by atoms with Gasteiger partial charge in [0, 0.05) is 24.8 Å². The fourth-order valence-corrected chi connectivity index (χ4v) is 2.78. The molecular formula is C13H20N2OS. The molecule has 1 atom stereocenters. The van der Waals surface area contributed by atoms with Crippen LogP contribution in [0, 0.1) is 5.41 Å². The summed E-state index contributed by atoms with van der Waals surface area (Å²) in [7, 11) is 0. The zero-order valence-electron chi connectivity index (χ0n) is 10.7. The van der Waals surface area contributed by atoms with Crippen molar-refractivity contribution in [1.29, 1.82) is 0 Å². The minimum absolute atomic E-state index is 0.333. The Morgan fingerprint density at radius 3 is 3.00 bits per heavy atom. The molecule has 0 aliphatic carbocycles. The SMILES string of the molecule is CC(Cc1ccco1)NC1=NCC(C)(C)CS1. The molecule has 1 N–H and O–H groups in total. The van der Waals surface area contributed by atoms with Crippen LogP contribution >= 0.6 is 11.8 Å². The van der Waals surface area contributed by atoms with E-state index in [9.17, 15) is 0 Å². The topological polar surface area (TPSA) is 37.5 Å². The second kappa shape index (κ2) is 5.17. The molecule has 2 rings (SSSR count).